The highest BCUT2D eigenvalue weighted by molar-refractivity contribution is 7.21. The van der Waals surface area contributed by atoms with E-state index in [0.717, 1.165) is 27.0 Å². The first-order chi connectivity index (χ1) is 19.3. The van der Waals surface area contributed by atoms with Crippen LogP contribution in [0.1, 0.15) is 0 Å². The Hall–Kier alpha value is -4.86. The molecule has 0 bridgehead atoms. The molecule has 2 heterocycles. The lowest BCUT2D eigenvalue weighted by molar-refractivity contribution is 1.42. The molecule has 0 saturated heterocycles. The maximum absolute atomic E-state index is 4.98. The number of rotatable bonds is 3. The highest BCUT2D eigenvalue weighted by atomic mass is 32.1. The van der Waals surface area contributed by atoms with Gasteiger partial charge in [-0.15, -0.1) is 11.3 Å². The molecule has 0 amide bonds. The van der Waals surface area contributed by atoms with Crippen LogP contribution in [0.2, 0.25) is 0 Å². The Morgan fingerprint density at radius 1 is 0.487 bits per heavy atom. The summed E-state index contributed by atoms with van der Waals surface area (Å²) in [7, 11) is 0. The van der Waals surface area contributed by atoms with E-state index >= 15 is 0 Å². The molecular weight excluding hydrogens is 492 g/mol. The van der Waals surface area contributed by atoms with Crippen LogP contribution < -0.4 is 0 Å². The molecule has 6 aromatic carbocycles. The molecule has 0 aliphatic rings. The minimum atomic E-state index is 1.03. The quantitative estimate of drug-likeness (QED) is 0.219. The minimum absolute atomic E-state index is 1.03. The second-order valence-electron chi connectivity index (χ2n) is 9.79. The molecule has 8 rings (SSSR count). The Bertz CT molecular complexity index is 2080. The lowest BCUT2D eigenvalue weighted by atomic mass is 9.86. The van der Waals surface area contributed by atoms with Crippen molar-refractivity contribution in [1.29, 1.82) is 0 Å². The minimum Gasteiger partial charge on any atom is -0.256 e. The summed E-state index contributed by atoms with van der Waals surface area (Å²) < 4.78 is 1.21. The van der Waals surface area contributed by atoms with Gasteiger partial charge in [-0.05, 0) is 56.4 Å². The van der Waals surface area contributed by atoms with Gasteiger partial charge in [0.2, 0.25) is 0 Å². The van der Waals surface area contributed by atoms with E-state index in [9.17, 15) is 0 Å². The molecule has 0 saturated carbocycles. The molecule has 0 aliphatic carbocycles. The molecule has 2 nitrogen and oxygen atoms in total. The van der Waals surface area contributed by atoms with Gasteiger partial charge < -0.3 is 0 Å². The smallest absolute Gasteiger partial charge is 0.124 e. The van der Waals surface area contributed by atoms with Gasteiger partial charge in [0.25, 0.3) is 0 Å². The summed E-state index contributed by atoms with van der Waals surface area (Å²) in [5, 5.41) is 7.12. The van der Waals surface area contributed by atoms with Gasteiger partial charge in [0.1, 0.15) is 5.01 Å². The Labute approximate surface area is 229 Å². The summed E-state index contributed by atoms with van der Waals surface area (Å²) in [6, 6.07) is 45.3. The van der Waals surface area contributed by atoms with Crippen molar-refractivity contribution in [1.82, 2.24) is 9.97 Å². The first-order valence-electron chi connectivity index (χ1n) is 13.1. The van der Waals surface area contributed by atoms with Crippen LogP contribution in [0.5, 0.6) is 0 Å². The number of hydrogen-bond donors (Lipinski definition) is 0. The fourth-order valence-electron chi connectivity index (χ4n) is 5.80. The molecule has 2 aromatic heterocycles. The number of benzene rings is 6. The van der Waals surface area contributed by atoms with Crippen molar-refractivity contribution in [3.8, 4) is 32.8 Å². The summed E-state index contributed by atoms with van der Waals surface area (Å²) in [5.74, 6) is 0. The van der Waals surface area contributed by atoms with Crippen LogP contribution in [-0.4, -0.2) is 9.97 Å². The molecule has 39 heavy (non-hydrogen) atoms. The van der Waals surface area contributed by atoms with E-state index in [2.05, 4.69) is 115 Å². The highest BCUT2D eigenvalue weighted by Gasteiger charge is 2.18. The predicted molar refractivity (Wildman–Crippen MR) is 166 cm³/mol. The van der Waals surface area contributed by atoms with Crippen molar-refractivity contribution in [3.05, 3.63) is 134 Å². The molecule has 0 unspecified atom stereocenters. The first kappa shape index (κ1) is 22.2. The number of pyridine rings is 1. The van der Waals surface area contributed by atoms with Crippen molar-refractivity contribution in [2.24, 2.45) is 0 Å². The van der Waals surface area contributed by atoms with Gasteiger partial charge >= 0.3 is 0 Å². The fourth-order valence-corrected chi connectivity index (χ4v) is 6.77. The van der Waals surface area contributed by atoms with Crippen LogP contribution in [0.3, 0.4) is 0 Å². The van der Waals surface area contributed by atoms with Crippen LogP contribution in [-0.2, 0) is 0 Å². The lowest BCUT2D eigenvalue weighted by Gasteiger charge is -2.18. The largest absolute Gasteiger partial charge is 0.256 e. The van der Waals surface area contributed by atoms with Gasteiger partial charge in [-0.2, -0.15) is 0 Å². The third-order valence-electron chi connectivity index (χ3n) is 7.55. The molecule has 182 valence electrons. The maximum atomic E-state index is 4.98. The van der Waals surface area contributed by atoms with Gasteiger partial charge in [-0.25, -0.2) is 4.98 Å². The normalized spacial score (nSPS) is 11.6. The van der Waals surface area contributed by atoms with Crippen molar-refractivity contribution >= 4 is 54.0 Å². The second kappa shape index (κ2) is 8.87. The van der Waals surface area contributed by atoms with Crippen LogP contribution >= 0.6 is 11.3 Å². The van der Waals surface area contributed by atoms with Gasteiger partial charge in [0.15, 0.2) is 0 Å². The van der Waals surface area contributed by atoms with Crippen molar-refractivity contribution in [2.45, 2.75) is 0 Å². The van der Waals surface area contributed by atoms with Gasteiger partial charge in [0.05, 0.1) is 15.7 Å². The molecule has 8 aromatic rings. The van der Waals surface area contributed by atoms with E-state index in [-0.39, 0.29) is 0 Å². The summed E-state index contributed by atoms with van der Waals surface area (Å²) in [6.07, 6.45) is 1.91. The number of para-hydroxylation sites is 1. The van der Waals surface area contributed by atoms with E-state index in [4.69, 9.17) is 9.97 Å². The Kier molecular flexibility index (Phi) is 5.04. The molecule has 0 N–H and O–H groups in total. The zero-order valence-electron chi connectivity index (χ0n) is 21.0. The number of nitrogens with zero attached hydrogens (tertiary/aromatic N) is 2. The fraction of sp³-hybridized carbons (Fsp3) is 0. The number of fused-ring (bicyclic) bond motifs is 4. The predicted octanol–water partition coefficient (Wildman–Crippen LogP) is 10.2. The number of aromatic nitrogens is 2. The van der Waals surface area contributed by atoms with Crippen LogP contribution in [0.25, 0.3) is 75.5 Å². The third kappa shape index (κ3) is 3.55. The molecule has 3 heteroatoms. The van der Waals surface area contributed by atoms with E-state index in [1.54, 1.807) is 11.3 Å². The SMILES string of the molecule is c1ccc2c(-c3c4ccccc4c(-c4ccc(-c5nc6ccccc6s5)cc4)c4cccnc34)cccc2c1. The molecule has 0 spiro atoms. The van der Waals surface area contributed by atoms with Crippen LogP contribution in [0.15, 0.2) is 134 Å². The van der Waals surface area contributed by atoms with Crippen LogP contribution in [0.4, 0.5) is 0 Å². The Morgan fingerprint density at radius 2 is 1.15 bits per heavy atom. The molecule has 0 aliphatic heterocycles. The zero-order chi connectivity index (χ0) is 25.8. The van der Waals surface area contributed by atoms with E-state index in [0.29, 0.717) is 0 Å². The molecule has 0 atom stereocenters. The topological polar surface area (TPSA) is 25.8 Å². The van der Waals surface area contributed by atoms with E-state index in [1.807, 2.05) is 18.3 Å². The Balaban J connectivity index is 1.38. The van der Waals surface area contributed by atoms with Crippen LogP contribution in [0, 0.1) is 0 Å². The van der Waals surface area contributed by atoms with Gasteiger partial charge in [-0.3, -0.25) is 4.98 Å². The summed E-state index contributed by atoms with van der Waals surface area (Å²) in [4.78, 5) is 9.85. The van der Waals surface area contributed by atoms with Crippen molar-refractivity contribution in [2.75, 3.05) is 0 Å². The maximum Gasteiger partial charge on any atom is 0.124 e. The highest BCUT2D eigenvalue weighted by Crippen LogP contribution is 2.44. The summed E-state index contributed by atoms with van der Waals surface area (Å²) in [5.41, 5.74) is 8.01. The molecular formula is C36H22N2S. The lowest BCUT2D eigenvalue weighted by Crippen LogP contribution is -1.93. The second-order valence-corrected chi connectivity index (χ2v) is 10.8. The number of thiazole rings is 1. The van der Waals surface area contributed by atoms with Crippen molar-refractivity contribution < 1.29 is 0 Å². The Morgan fingerprint density at radius 3 is 2.00 bits per heavy atom. The van der Waals surface area contributed by atoms with Crippen molar-refractivity contribution in [3.63, 3.8) is 0 Å². The van der Waals surface area contributed by atoms with E-state index < -0.39 is 0 Å². The monoisotopic (exact) mass is 514 g/mol. The van der Waals surface area contributed by atoms with Gasteiger partial charge in [0, 0.05) is 22.7 Å². The molecule has 0 fully saturated rings. The average Bonchev–Trinajstić information content (AvgIpc) is 3.44. The average molecular weight is 515 g/mol. The van der Waals surface area contributed by atoms with E-state index in [1.165, 1.54) is 48.5 Å². The standard InChI is InChI=1S/C36H22N2S/c1-2-11-26-23(9-1)10-7-14-27(26)34-29-13-4-3-12-28(29)33(30-15-8-22-37-35(30)34)24-18-20-25(21-19-24)36-38-31-16-5-6-17-32(31)39-36/h1-22H. The zero-order valence-corrected chi connectivity index (χ0v) is 21.8. The molecule has 0 radical (unpaired) electrons. The summed E-state index contributed by atoms with van der Waals surface area (Å²) in [6.45, 7) is 0. The first-order valence-corrected chi connectivity index (χ1v) is 13.9. The van der Waals surface area contributed by atoms with Gasteiger partial charge in [-0.1, -0.05) is 109 Å². The third-order valence-corrected chi connectivity index (χ3v) is 8.64. The summed E-state index contributed by atoms with van der Waals surface area (Å²) >= 11 is 1.74. The number of hydrogen-bond acceptors (Lipinski definition) is 3.